The van der Waals surface area contributed by atoms with Gasteiger partial charge < -0.3 is 10.4 Å². The van der Waals surface area contributed by atoms with Gasteiger partial charge in [-0.3, -0.25) is 4.79 Å². The number of hydrogen-bond acceptors (Lipinski definition) is 3. The van der Waals surface area contributed by atoms with Crippen molar-refractivity contribution in [1.29, 1.82) is 5.26 Å². The van der Waals surface area contributed by atoms with E-state index in [0.29, 0.717) is 18.0 Å². The molecule has 0 saturated heterocycles. The molecule has 0 bridgehead atoms. The zero-order valence-corrected chi connectivity index (χ0v) is 13.0. The van der Waals surface area contributed by atoms with Crippen LogP contribution in [-0.4, -0.2) is 17.6 Å². The average Bonchev–Trinajstić information content (AvgIpc) is 2.56. The predicted molar refractivity (Wildman–Crippen MR) is 89.9 cm³/mol. The Morgan fingerprint density at radius 1 is 1.17 bits per heavy atom. The number of nitrogens with one attached hydrogen (secondary N) is 1. The Hall–Kier alpha value is -2.77. The molecule has 4 nitrogen and oxygen atoms in total. The summed E-state index contributed by atoms with van der Waals surface area (Å²) >= 11 is 5.80. The zero-order chi connectivity index (χ0) is 16.7. The van der Waals surface area contributed by atoms with Crippen molar-refractivity contribution >= 4 is 23.6 Å². The largest absolute Gasteiger partial charge is 0.508 e. The second kappa shape index (κ2) is 8.02. The highest BCUT2D eigenvalue weighted by molar-refractivity contribution is 6.30. The summed E-state index contributed by atoms with van der Waals surface area (Å²) in [4.78, 5) is 12.0. The summed E-state index contributed by atoms with van der Waals surface area (Å²) in [5.74, 6) is -0.211. The van der Waals surface area contributed by atoms with Gasteiger partial charge in [0.05, 0.1) is 0 Å². The second-order valence-corrected chi connectivity index (χ2v) is 5.33. The van der Waals surface area contributed by atoms with Gasteiger partial charge in [0.1, 0.15) is 17.4 Å². The van der Waals surface area contributed by atoms with Crippen LogP contribution in [0.25, 0.3) is 6.08 Å². The van der Waals surface area contributed by atoms with Gasteiger partial charge in [-0.15, -0.1) is 0 Å². The van der Waals surface area contributed by atoms with E-state index in [-0.39, 0.29) is 11.3 Å². The van der Waals surface area contributed by atoms with Crippen molar-refractivity contribution in [1.82, 2.24) is 5.32 Å². The van der Waals surface area contributed by atoms with Crippen LogP contribution in [0, 0.1) is 11.3 Å². The van der Waals surface area contributed by atoms with Gasteiger partial charge in [0.15, 0.2) is 0 Å². The highest BCUT2D eigenvalue weighted by Crippen LogP contribution is 2.13. The first-order valence-corrected chi connectivity index (χ1v) is 7.40. The number of halogens is 1. The van der Waals surface area contributed by atoms with Crippen molar-refractivity contribution in [3.05, 3.63) is 70.3 Å². The number of benzene rings is 2. The minimum Gasteiger partial charge on any atom is -0.508 e. The second-order valence-electron chi connectivity index (χ2n) is 4.89. The third kappa shape index (κ3) is 5.17. The fourth-order valence-electron chi connectivity index (χ4n) is 1.95. The van der Waals surface area contributed by atoms with Crippen molar-refractivity contribution in [3.63, 3.8) is 0 Å². The van der Waals surface area contributed by atoms with Crippen LogP contribution in [0.4, 0.5) is 0 Å². The van der Waals surface area contributed by atoms with E-state index < -0.39 is 5.91 Å². The van der Waals surface area contributed by atoms with E-state index in [2.05, 4.69) is 5.32 Å². The van der Waals surface area contributed by atoms with Gasteiger partial charge in [0.25, 0.3) is 5.91 Å². The van der Waals surface area contributed by atoms with Crippen molar-refractivity contribution in [2.24, 2.45) is 0 Å². The van der Waals surface area contributed by atoms with E-state index in [9.17, 15) is 9.90 Å². The van der Waals surface area contributed by atoms with Gasteiger partial charge in [-0.2, -0.15) is 5.26 Å². The van der Waals surface area contributed by atoms with E-state index in [1.54, 1.807) is 48.5 Å². The quantitative estimate of drug-likeness (QED) is 0.654. The summed E-state index contributed by atoms with van der Waals surface area (Å²) in [5, 5.41) is 21.6. The zero-order valence-electron chi connectivity index (χ0n) is 12.3. The summed E-state index contributed by atoms with van der Waals surface area (Å²) in [6.45, 7) is 0.406. The third-order valence-electron chi connectivity index (χ3n) is 3.18. The molecule has 116 valence electrons. The lowest BCUT2D eigenvalue weighted by molar-refractivity contribution is -0.117. The molecule has 23 heavy (non-hydrogen) atoms. The van der Waals surface area contributed by atoms with Gasteiger partial charge in [0.2, 0.25) is 0 Å². The molecule has 2 aromatic rings. The van der Waals surface area contributed by atoms with Gasteiger partial charge >= 0.3 is 0 Å². The van der Waals surface area contributed by atoms with Crippen LogP contribution < -0.4 is 5.32 Å². The lowest BCUT2D eigenvalue weighted by atomic mass is 10.1. The van der Waals surface area contributed by atoms with Crippen LogP contribution in [0.15, 0.2) is 54.1 Å². The smallest absolute Gasteiger partial charge is 0.261 e. The fourth-order valence-corrected chi connectivity index (χ4v) is 2.08. The third-order valence-corrected chi connectivity index (χ3v) is 3.43. The van der Waals surface area contributed by atoms with Crippen LogP contribution >= 0.6 is 11.6 Å². The van der Waals surface area contributed by atoms with Crippen LogP contribution in [0.3, 0.4) is 0 Å². The molecule has 0 aromatic heterocycles. The molecule has 2 rings (SSSR count). The number of nitrogens with zero attached hydrogens (tertiary/aromatic N) is 1. The maximum absolute atomic E-state index is 12.0. The standard InChI is InChI=1S/C18H15ClN2O2/c19-16-5-1-14(2-6-16)11-15(12-20)18(23)21-10-9-13-3-7-17(22)8-4-13/h1-8,11,22H,9-10H2,(H,21,23)/b15-11+. The Balaban J connectivity index is 1.93. The molecule has 0 aliphatic rings. The molecule has 0 saturated carbocycles. The molecule has 0 heterocycles. The van der Waals surface area contributed by atoms with Gasteiger partial charge in [-0.25, -0.2) is 0 Å². The number of carbonyl (C=O) groups excluding carboxylic acids is 1. The van der Waals surface area contributed by atoms with Gasteiger partial charge in [0, 0.05) is 11.6 Å². The Kier molecular flexibility index (Phi) is 5.79. The van der Waals surface area contributed by atoms with Crippen molar-refractivity contribution < 1.29 is 9.90 Å². The average molecular weight is 327 g/mol. The lowest BCUT2D eigenvalue weighted by Gasteiger charge is -2.05. The van der Waals surface area contributed by atoms with E-state index in [1.165, 1.54) is 6.08 Å². The van der Waals surface area contributed by atoms with Crippen LogP contribution in [0.2, 0.25) is 5.02 Å². The lowest BCUT2D eigenvalue weighted by Crippen LogP contribution is -2.26. The van der Waals surface area contributed by atoms with Gasteiger partial charge in [-0.1, -0.05) is 35.9 Å². The molecule has 0 spiro atoms. The molecule has 0 fully saturated rings. The molecule has 0 radical (unpaired) electrons. The molecular formula is C18H15ClN2O2. The fraction of sp³-hybridized carbons (Fsp3) is 0.111. The predicted octanol–water partition coefficient (Wildman–Crippen LogP) is 3.31. The number of phenolic OH excluding ortho intramolecular Hbond substituents is 1. The SMILES string of the molecule is N#C/C(=C\c1ccc(Cl)cc1)C(=O)NCCc1ccc(O)cc1. The Bertz CT molecular complexity index is 744. The number of amides is 1. The number of nitriles is 1. The topological polar surface area (TPSA) is 73.1 Å². The van der Waals surface area contributed by atoms with E-state index in [1.807, 2.05) is 6.07 Å². The molecule has 0 aliphatic carbocycles. The minimum absolute atomic E-state index is 0.0398. The first-order chi connectivity index (χ1) is 11.1. The van der Waals surface area contributed by atoms with Crippen molar-refractivity contribution in [2.75, 3.05) is 6.54 Å². The Morgan fingerprint density at radius 3 is 2.43 bits per heavy atom. The van der Waals surface area contributed by atoms with Crippen LogP contribution in [0.5, 0.6) is 5.75 Å². The first kappa shape index (κ1) is 16.6. The molecular weight excluding hydrogens is 312 g/mol. The highest BCUT2D eigenvalue weighted by atomic mass is 35.5. The summed E-state index contributed by atoms with van der Waals surface area (Å²) in [7, 11) is 0. The normalized spacial score (nSPS) is 10.9. The molecule has 2 N–H and O–H groups in total. The minimum atomic E-state index is -0.416. The number of rotatable bonds is 5. The molecule has 5 heteroatoms. The molecule has 0 atom stereocenters. The molecule has 0 unspecified atom stereocenters. The van der Waals surface area contributed by atoms with Crippen molar-refractivity contribution in [3.8, 4) is 11.8 Å². The molecule has 0 aliphatic heterocycles. The van der Waals surface area contributed by atoms with Crippen molar-refractivity contribution in [2.45, 2.75) is 6.42 Å². The maximum atomic E-state index is 12.0. The first-order valence-electron chi connectivity index (χ1n) is 7.02. The van der Waals surface area contributed by atoms with Crippen LogP contribution in [0.1, 0.15) is 11.1 Å². The number of phenols is 1. The number of hydrogen-bond donors (Lipinski definition) is 2. The summed E-state index contributed by atoms with van der Waals surface area (Å²) in [6.07, 6.45) is 2.14. The highest BCUT2D eigenvalue weighted by Gasteiger charge is 2.08. The monoisotopic (exact) mass is 326 g/mol. The van der Waals surface area contributed by atoms with E-state index >= 15 is 0 Å². The summed E-state index contributed by atoms with van der Waals surface area (Å²) in [6, 6.07) is 15.5. The number of aromatic hydroxyl groups is 1. The van der Waals surface area contributed by atoms with E-state index in [0.717, 1.165) is 11.1 Å². The van der Waals surface area contributed by atoms with Gasteiger partial charge in [-0.05, 0) is 47.9 Å². The molecule has 1 amide bonds. The summed E-state index contributed by atoms with van der Waals surface area (Å²) < 4.78 is 0. The molecule has 2 aromatic carbocycles. The van der Waals surface area contributed by atoms with Crippen LogP contribution in [-0.2, 0) is 11.2 Å². The Labute approximate surface area is 139 Å². The van der Waals surface area contributed by atoms with E-state index in [4.69, 9.17) is 16.9 Å². The maximum Gasteiger partial charge on any atom is 0.261 e. The Morgan fingerprint density at radius 2 is 1.83 bits per heavy atom. The number of carbonyl (C=O) groups is 1. The summed E-state index contributed by atoms with van der Waals surface area (Å²) in [5.41, 5.74) is 1.76.